The largest absolute Gasteiger partial charge is 0.366 e. The van der Waals surface area contributed by atoms with Crippen molar-refractivity contribution in [2.45, 2.75) is 6.92 Å². The summed E-state index contributed by atoms with van der Waals surface area (Å²) in [5.41, 5.74) is 10.5. The van der Waals surface area contributed by atoms with Crippen molar-refractivity contribution in [1.29, 1.82) is 5.26 Å². The van der Waals surface area contributed by atoms with Crippen LogP contribution in [0.2, 0.25) is 5.02 Å². The summed E-state index contributed by atoms with van der Waals surface area (Å²) in [6.45, 7) is 1.85. The Morgan fingerprint density at radius 3 is 2.69 bits per heavy atom. The Morgan fingerprint density at radius 2 is 1.91 bits per heavy atom. The van der Waals surface area contributed by atoms with Crippen molar-refractivity contribution >= 4 is 39.4 Å². The zero-order valence-corrected chi connectivity index (χ0v) is 17.6. The van der Waals surface area contributed by atoms with E-state index in [-0.39, 0.29) is 5.69 Å². The molecule has 2 aromatic carbocycles. The van der Waals surface area contributed by atoms with Gasteiger partial charge in [0.2, 0.25) is 0 Å². The van der Waals surface area contributed by atoms with Crippen LogP contribution < -0.4 is 5.73 Å². The van der Waals surface area contributed by atoms with Gasteiger partial charge in [0.1, 0.15) is 23.1 Å². The molecule has 0 saturated carbocycles. The lowest BCUT2D eigenvalue weighted by atomic mass is 10.0. The molecule has 0 unspecified atom stereocenters. The van der Waals surface area contributed by atoms with Crippen molar-refractivity contribution < 1.29 is 4.79 Å². The molecular formula is C24H15ClN6O. The van der Waals surface area contributed by atoms with Gasteiger partial charge in [-0.2, -0.15) is 5.26 Å². The molecule has 0 aliphatic carbocycles. The monoisotopic (exact) mass is 438 g/mol. The number of amides is 1. The van der Waals surface area contributed by atoms with Gasteiger partial charge in [-0.1, -0.05) is 17.7 Å². The lowest BCUT2D eigenvalue weighted by Gasteiger charge is -2.13. The van der Waals surface area contributed by atoms with E-state index < -0.39 is 5.91 Å². The maximum absolute atomic E-state index is 12.3. The van der Waals surface area contributed by atoms with Gasteiger partial charge in [-0.3, -0.25) is 14.3 Å². The van der Waals surface area contributed by atoms with E-state index in [0.29, 0.717) is 27.4 Å². The van der Waals surface area contributed by atoms with Crippen molar-refractivity contribution in [1.82, 2.24) is 19.5 Å². The number of primary amides is 1. The number of nitrogens with two attached hydrogens (primary N) is 1. The Bertz CT molecular complexity index is 1590. The predicted octanol–water partition coefficient (Wildman–Crippen LogP) is 4.57. The van der Waals surface area contributed by atoms with Gasteiger partial charge in [-0.15, -0.1) is 0 Å². The second-order valence-electron chi connectivity index (χ2n) is 7.26. The van der Waals surface area contributed by atoms with Crippen LogP contribution in [0.3, 0.4) is 0 Å². The number of aryl methyl sites for hydroxylation is 1. The second kappa shape index (κ2) is 7.45. The van der Waals surface area contributed by atoms with Crippen LogP contribution in [-0.2, 0) is 0 Å². The van der Waals surface area contributed by atoms with E-state index in [1.807, 2.05) is 47.9 Å². The molecule has 3 heterocycles. The molecule has 0 aliphatic rings. The summed E-state index contributed by atoms with van der Waals surface area (Å²) >= 11 is 6.54. The van der Waals surface area contributed by atoms with Gasteiger partial charge >= 0.3 is 0 Å². The number of hydrogen-bond acceptors (Lipinski definition) is 5. The van der Waals surface area contributed by atoms with Gasteiger partial charge in [0, 0.05) is 17.8 Å². The van der Waals surface area contributed by atoms with E-state index >= 15 is 0 Å². The summed E-state index contributed by atoms with van der Waals surface area (Å²) in [4.78, 5) is 25.4. The fourth-order valence-electron chi connectivity index (χ4n) is 3.95. The lowest BCUT2D eigenvalue weighted by Crippen LogP contribution is -2.12. The quantitative estimate of drug-likeness (QED) is 0.443. The average molecular weight is 439 g/mol. The molecule has 154 valence electrons. The molecule has 8 heteroatoms. The summed E-state index contributed by atoms with van der Waals surface area (Å²) in [7, 11) is 0. The summed E-state index contributed by atoms with van der Waals surface area (Å²) in [6.07, 6.45) is 3.26. The zero-order valence-electron chi connectivity index (χ0n) is 16.9. The Balaban J connectivity index is 1.88. The van der Waals surface area contributed by atoms with Crippen molar-refractivity contribution in [3.8, 4) is 22.9 Å². The number of aromatic nitrogens is 4. The predicted molar refractivity (Wildman–Crippen MR) is 123 cm³/mol. The molecule has 2 N–H and O–H groups in total. The highest BCUT2D eigenvalue weighted by Crippen LogP contribution is 2.34. The topological polar surface area (TPSA) is 110 Å². The number of halogens is 1. The van der Waals surface area contributed by atoms with Crippen LogP contribution in [0, 0.1) is 18.3 Å². The van der Waals surface area contributed by atoms with E-state index in [9.17, 15) is 10.1 Å². The third kappa shape index (κ3) is 3.06. The molecule has 5 rings (SSSR count). The summed E-state index contributed by atoms with van der Waals surface area (Å²) in [5, 5.41) is 10.6. The van der Waals surface area contributed by atoms with Gasteiger partial charge < -0.3 is 5.73 Å². The molecule has 0 saturated heterocycles. The molecule has 0 radical (unpaired) electrons. The third-order valence-electron chi connectivity index (χ3n) is 5.34. The minimum absolute atomic E-state index is 0.278. The highest BCUT2D eigenvalue weighted by molar-refractivity contribution is 6.36. The first-order valence-corrected chi connectivity index (χ1v) is 10.1. The highest BCUT2D eigenvalue weighted by Gasteiger charge is 2.20. The van der Waals surface area contributed by atoms with E-state index in [1.54, 1.807) is 30.6 Å². The van der Waals surface area contributed by atoms with Gasteiger partial charge in [-0.25, -0.2) is 9.97 Å². The van der Waals surface area contributed by atoms with Gasteiger partial charge in [0.25, 0.3) is 5.91 Å². The standard InChI is InChI=1S/C24H15ClN6O/c1-13-30-23-17(24(27)32)10-15(14-5-7-28-16(9-14)12-26)11-21(23)31(13)20-6-8-29-19-4-2-3-18(25)22(19)20/h2-11H,1H3,(H2,27,32). The fourth-order valence-corrected chi connectivity index (χ4v) is 4.22. The van der Waals surface area contributed by atoms with Gasteiger partial charge in [0.05, 0.1) is 27.3 Å². The summed E-state index contributed by atoms with van der Waals surface area (Å²) in [6, 6.07) is 16.5. The summed E-state index contributed by atoms with van der Waals surface area (Å²) in [5.74, 6) is 0.0770. The average Bonchev–Trinajstić information content (AvgIpc) is 3.13. The van der Waals surface area contributed by atoms with Crippen LogP contribution in [0.4, 0.5) is 0 Å². The number of hydrogen-bond donors (Lipinski definition) is 1. The van der Waals surface area contributed by atoms with E-state index in [0.717, 1.165) is 27.7 Å². The Kier molecular flexibility index (Phi) is 4.58. The Hall–Kier alpha value is -4.28. The molecule has 0 atom stereocenters. The molecular weight excluding hydrogens is 424 g/mol. The van der Waals surface area contributed by atoms with Crippen molar-refractivity contribution in [2.24, 2.45) is 5.73 Å². The number of benzene rings is 2. The number of imidazole rings is 1. The second-order valence-corrected chi connectivity index (χ2v) is 7.66. The van der Waals surface area contributed by atoms with Crippen LogP contribution in [0.15, 0.2) is 60.9 Å². The zero-order chi connectivity index (χ0) is 22.4. The van der Waals surface area contributed by atoms with Crippen molar-refractivity contribution in [2.75, 3.05) is 0 Å². The first kappa shape index (κ1) is 19.7. The molecule has 0 aliphatic heterocycles. The molecule has 1 amide bonds. The number of carbonyl (C=O) groups excluding carboxylic acids is 1. The first-order chi connectivity index (χ1) is 15.5. The van der Waals surface area contributed by atoms with Crippen LogP contribution in [-0.4, -0.2) is 25.4 Å². The maximum Gasteiger partial charge on any atom is 0.250 e. The Labute approximate surface area is 187 Å². The number of rotatable bonds is 3. The number of carbonyl (C=O) groups is 1. The highest BCUT2D eigenvalue weighted by atomic mass is 35.5. The van der Waals surface area contributed by atoms with Crippen molar-refractivity contribution in [3.05, 3.63) is 83.0 Å². The summed E-state index contributed by atoms with van der Waals surface area (Å²) < 4.78 is 1.94. The lowest BCUT2D eigenvalue weighted by molar-refractivity contribution is 0.100. The van der Waals surface area contributed by atoms with E-state index in [4.69, 9.17) is 17.3 Å². The van der Waals surface area contributed by atoms with Crippen LogP contribution >= 0.6 is 11.6 Å². The smallest absolute Gasteiger partial charge is 0.250 e. The number of fused-ring (bicyclic) bond motifs is 2. The minimum atomic E-state index is -0.589. The molecule has 7 nitrogen and oxygen atoms in total. The molecule has 0 bridgehead atoms. The van der Waals surface area contributed by atoms with Gasteiger partial charge in [-0.05, 0) is 60.5 Å². The van der Waals surface area contributed by atoms with Crippen LogP contribution in [0.25, 0.3) is 38.8 Å². The minimum Gasteiger partial charge on any atom is -0.366 e. The fraction of sp³-hybridized carbons (Fsp3) is 0.0417. The van der Waals surface area contributed by atoms with E-state index in [2.05, 4.69) is 15.0 Å². The molecule has 5 aromatic rings. The number of nitriles is 1. The van der Waals surface area contributed by atoms with Crippen molar-refractivity contribution in [3.63, 3.8) is 0 Å². The van der Waals surface area contributed by atoms with Crippen LogP contribution in [0.5, 0.6) is 0 Å². The maximum atomic E-state index is 12.3. The van der Waals surface area contributed by atoms with Gasteiger partial charge in [0.15, 0.2) is 0 Å². The Morgan fingerprint density at radius 1 is 1.09 bits per heavy atom. The third-order valence-corrected chi connectivity index (χ3v) is 5.65. The molecule has 32 heavy (non-hydrogen) atoms. The van der Waals surface area contributed by atoms with E-state index in [1.165, 1.54) is 0 Å². The molecule has 0 fully saturated rings. The number of nitrogens with zero attached hydrogens (tertiary/aromatic N) is 5. The molecule has 0 spiro atoms. The number of pyridine rings is 2. The normalized spacial score (nSPS) is 11.0. The first-order valence-electron chi connectivity index (χ1n) is 9.71. The van der Waals surface area contributed by atoms with Crippen LogP contribution in [0.1, 0.15) is 21.9 Å². The molecule has 3 aromatic heterocycles. The SMILES string of the molecule is Cc1nc2c(C(N)=O)cc(-c3ccnc(C#N)c3)cc2n1-c1ccnc2cccc(Cl)c12.